The van der Waals surface area contributed by atoms with Crippen LogP contribution in [0, 0.1) is 0 Å². The van der Waals surface area contributed by atoms with E-state index in [2.05, 4.69) is 20.0 Å². The van der Waals surface area contributed by atoms with Crippen LogP contribution in [0.15, 0.2) is 35.1 Å². The first-order valence-corrected chi connectivity index (χ1v) is 6.39. The first-order valence-electron chi connectivity index (χ1n) is 6.39. The van der Waals surface area contributed by atoms with E-state index in [0.29, 0.717) is 5.82 Å². The first-order chi connectivity index (χ1) is 9.69. The molecule has 2 aromatic heterocycles. The van der Waals surface area contributed by atoms with Crippen molar-refractivity contribution in [3.8, 4) is 0 Å². The molecular weight excluding hydrogens is 258 g/mol. The lowest BCUT2D eigenvalue weighted by atomic mass is 10.1. The quantitative estimate of drug-likeness (QED) is 0.815. The van der Waals surface area contributed by atoms with Crippen LogP contribution in [0.5, 0.6) is 0 Å². The number of ether oxygens (including phenoxy) is 1. The Morgan fingerprint density at radius 3 is 3.05 bits per heavy atom. The van der Waals surface area contributed by atoms with Gasteiger partial charge in [0, 0.05) is 18.7 Å². The van der Waals surface area contributed by atoms with Gasteiger partial charge in [-0.2, -0.15) is 0 Å². The number of aromatic nitrogens is 2. The van der Waals surface area contributed by atoms with Crippen LogP contribution in [0.3, 0.4) is 0 Å². The van der Waals surface area contributed by atoms with E-state index in [0.717, 1.165) is 18.6 Å². The van der Waals surface area contributed by atoms with Crippen LogP contribution in [0.4, 0.5) is 5.82 Å². The Kier molecular flexibility index (Phi) is 4.70. The number of aryl methyl sites for hydroxylation is 1. The highest BCUT2D eigenvalue weighted by Gasteiger charge is 2.11. The number of carbonyl (C=O) groups excluding carboxylic acids is 1. The molecule has 0 aromatic carbocycles. The predicted octanol–water partition coefficient (Wildman–Crippen LogP) is 2.29. The van der Waals surface area contributed by atoms with Gasteiger partial charge in [-0.05, 0) is 31.5 Å². The van der Waals surface area contributed by atoms with Crippen LogP contribution in [0.2, 0.25) is 0 Å². The van der Waals surface area contributed by atoms with Crippen LogP contribution in [-0.2, 0) is 11.2 Å². The van der Waals surface area contributed by atoms with E-state index in [1.54, 1.807) is 12.3 Å². The summed E-state index contributed by atoms with van der Waals surface area (Å²) in [4.78, 5) is 19.3. The van der Waals surface area contributed by atoms with Gasteiger partial charge in [-0.25, -0.2) is 14.8 Å². The molecule has 1 unspecified atom stereocenters. The SMILES string of the molecule is COC(=O)c1nccc(NC(C)CCc2ccco2)n1. The number of hydrogen-bond acceptors (Lipinski definition) is 6. The number of methoxy groups -OCH3 is 1. The first kappa shape index (κ1) is 14.0. The third kappa shape index (κ3) is 3.81. The zero-order valence-corrected chi connectivity index (χ0v) is 11.5. The van der Waals surface area contributed by atoms with E-state index < -0.39 is 5.97 Å². The van der Waals surface area contributed by atoms with Crippen LogP contribution in [0.1, 0.15) is 29.7 Å². The zero-order chi connectivity index (χ0) is 14.4. The molecule has 6 nitrogen and oxygen atoms in total. The summed E-state index contributed by atoms with van der Waals surface area (Å²) in [6.07, 6.45) is 4.93. The molecule has 6 heteroatoms. The van der Waals surface area contributed by atoms with Crippen molar-refractivity contribution in [2.75, 3.05) is 12.4 Å². The maximum Gasteiger partial charge on any atom is 0.376 e. The molecule has 0 saturated carbocycles. The average Bonchev–Trinajstić information content (AvgIpc) is 2.98. The van der Waals surface area contributed by atoms with Crippen molar-refractivity contribution in [2.45, 2.75) is 25.8 Å². The highest BCUT2D eigenvalue weighted by atomic mass is 16.5. The summed E-state index contributed by atoms with van der Waals surface area (Å²) < 4.78 is 9.87. The maximum atomic E-state index is 11.3. The minimum Gasteiger partial charge on any atom is -0.469 e. The molecule has 1 N–H and O–H groups in total. The smallest absolute Gasteiger partial charge is 0.376 e. The fourth-order valence-corrected chi connectivity index (χ4v) is 1.77. The molecule has 0 bridgehead atoms. The van der Waals surface area contributed by atoms with Gasteiger partial charge in [-0.1, -0.05) is 0 Å². The number of nitrogens with zero attached hydrogens (tertiary/aromatic N) is 2. The maximum absolute atomic E-state index is 11.3. The topological polar surface area (TPSA) is 77.2 Å². The summed E-state index contributed by atoms with van der Waals surface area (Å²) in [5.74, 6) is 1.07. The number of nitrogens with one attached hydrogen (secondary N) is 1. The second-order valence-electron chi connectivity index (χ2n) is 4.42. The fraction of sp³-hybridized carbons (Fsp3) is 0.357. The number of carbonyl (C=O) groups is 1. The van der Waals surface area contributed by atoms with Crippen LogP contribution < -0.4 is 5.32 Å². The monoisotopic (exact) mass is 275 g/mol. The van der Waals surface area contributed by atoms with Gasteiger partial charge in [-0.3, -0.25) is 0 Å². The number of furan rings is 1. The highest BCUT2D eigenvalue weighted by molar-refractivity contribution is 5.85. The Labute approximate surface area is 117 Å². The van der Waals surface area contributed by atoms with Crippen LogP contribution in [0.25, 0.3) is 0 Å². The van der Waals surface area contributed by atoms with Gasteiger partial charge in [0.2, 0.25) is 5.82 Å². The summed E-state index contributed by atoms with van der Waals surface area (Å²) in [6.45, 7) is 2.04. The molecule has 20 heavy (non-hydrogen) atoms. The van der Waals surface area contributed by atoms with Crippen molar-refractivity contribution in [3.05, 3.63) is 42.2 Å². The Morgan fingerprint density at radius 2 is 2.35 bits per heavy atom. The number of esters is 1. The van der Waals surface area contributed by atoms with Crippen molar-refractivity contribution in [1.29, 1.82) is 0 Å². The number of rotatable bonds is 6. The van der Waals surface area contributed by atoms with Gasteiger partial charge >= 0.3 is 5.97 Å². The van der Waals surface area contributed by atoms with E-state index in [-0.39, 0.29) is 11.9 Å². The van der Waals surface area contributed by atoms with Gasteiger partial charge < -0.3 is 14.5 Å². The minimum atomic E-state index is -0.545. The number of hydrogen-bond donors (Lipinski definition) is 1. The Bertz CT molecular complexity index is 555. The van der Waals surface area contributed by atoms with E-state index >= 15 is 0 Å². The minimum absolute atomic E-state index is 0.0516. The molecule has 0 saturated heterocycles. The summed E-state index contributed by atoms with van der Waals surface area (Å²) >= 11 is 0. The molecule has 0 aliphatic heterocycles. The summed E-state index contributed by atoms with van der Waals surface area (Å²) in [5, 5.41) is 3.22. The molecule has 0 amide bonds. The largest absolute Gasteiger partial charge is 0.469 e. The number of anilines is 1. The summed E-state index contributed by atoms with van der Waals surface area (Å²) in [7, 11) is 1.30. The standard InChI is InChI=1S/C14H17N3O3/c1-10(5-6-11-4-3-9-20-11)16-12-7-8-15-13(17-12)14(18)19-2/h3-4,7-10H,5-6H2,1-2H3,(H,15,16,17). The van der Waals surface area contributed by atoms with Gasteiger partial charge in [0.05, 0.1) is 13.4 Å². The fourth-order valence-electron chi connectivity index (χ4n) is 1.77. The molecule has 1 atom stereocenters. The molecular formula is C14H17N3O3. The second kappa shape index (κ2) is 6.70. The molecule has 106 valence electrons. The van der Waals surface area contributed by atoms with Crippen molar-refractivity contribution in [1.82, 2.24) is 9.97 Å². The Morgan fingerprint density at radius 1 is 1.50 bits per heavy atom. The molecule has 0 spiro atoms. The molecule has 2 heterocycles. The summed E-state index contributed by atoms with van der Waals surface area (Å²) in [6, 6.07) is 5.74. The third-order valence-electron chi connectivity index (χ3n) is 2.82. The van der Waals surface area contributed by atoms with Gasteiger partial charge in [0.25, 0.3) is 0 Å². The predicted molar refractivity (Wildman–Crippen MR) is 73.5 cm³/mol. The van der Waals surface area contributed by atoms with E-state index in [4.69, 9.17) is 4.42 Å². The van der Waals surface area contributed by atoms with Gasteiger partial charge in [0.1, 0.15) is 11.6 Å². The Hall–Kier alpha value is -2.37. The third-order valence-corrected chi connectivity index (χ3v) is 2.82. The average molecular weight is 275 g/mol. The lowest BCUT2D eigenvalue weighted by Crippen LogP contribution is -2.18. The van der Waals surface area contributed by atoms with Crippen molar-refractivity contribution in [2.24, 2.45) is 0 Å². The van der Waals surface area contributed by atoms with E-state index in [1.165, 1.54) is 13.3 Å². The van der Waals surface area contributed by atoms with E-state index in [9.17, 15) is 4.79 Å². The lowest BCUT2D eigenvalue weighted by Gasteiger charge is -2.13. The summed E-state index contributed by atoms with van der Waals surface area (Å²) in [5.41, 5.74) is 0. The van der Waals surface area contributed by atoms with Gasteiger partial charge in [0.15, 0.2) is 0 Å². The molecule has 0 aliphatic rings. The van der Waals surface area contributed by atoms with Crippen molar-refractivity contribution in [3.63, 3.8) is 0 Å². The zero-order valence-electron chi connectivity index (χ0n) is 11.5. The highest BCUT2D eigenvalue weighted by Crippen LogP contribution is 2.10. The van der Waals surface area contributed by atoms with Crippen molar-refractivity contribution < 1.29 is 13.9 Å². The Balaban J connectivity index is 1.90. The molecule has 0 aliphatic carbocycles. The van der Waals surface area contributed by atoms with Gasteiger partial charge in [-0.15, -0.1) is 0 Å². The molecule has 2 aromatic rings. The lowest BCUT2D eigenvalue weighted by molar-refractivity contribution is 0.0587. The van der Waals surface area contributed by atoms with Crippen LogP contribution in [-0.4, -0.2) is 29.1 Å². The van der Waals surface area contributed by atoms with Crippen molar-refractivity contribution >= 4 is 11.8 Å². The normalized spacial score (nSPS) is 11.9. The second-order valence-corrected chi connectivity index (χ2v) is 4.42. The van der Waals surface area contributed by atoms with E-state index in [1.807, 2.05) is 19.1 Å². The molecule has 0 radical (unpaired) electrons. The molecule has 0 fully saturated rings. The van der Waals surface area contributed by atoms with Crippen LogP contribution >= 0.6 is 0 Å². The molecule has 2 rings (SSSR count).